The fourth-order valence-corrected chi connectivity index (χ4v) is 5.34. The van der Waals surface area contributed by atoms with E-state index in [1.807, 2.05) is 0 Å². The van der Waals surface area contributed by atoms with Crippen molar-refractivity contribution in [3.63, 3.8) is 0 Å². The number of rotatable bonds is 9. The third-order valence-electron chi connectivity index (χ3n) is 2.75. The van der Waals surface area contributed by atoms with Crippen LogP contribution in [0.4, 0.5) is 0 Å². The molecule has 4 nitrogen and oxygen atoms in total. The van der Waals surface area contributed by atoms with E-state index in [-0.39, 0.29) is 0 Å². The van der Waals surface area contributed by atoms with Gasteiger partial charge in [-0.05, 0) is 28.4 Å². The Kier molecular flexibility index (Phi) is 7.68. The van der Waals surface area contributed by atoms with E-state index in [4.69, 9.17) is 0 Å². The first-order valence-corrected chi connectivity index (χ1v) is 9.97. The van der Waals surface area contributed by atoms with Gasteiger partial charge in [-0.15, -0.1) is 11.3 Å². The van der Waals surface area contributed by atoms with Gasteiger partial charge in [-0.25, -0.2) is 13.1 Å². The van der Waals surface area contributed by atoms with Crippen LogP contribution >= 0.6 is 27.3 Å². The predicted octanol–water partition coefficient (Wildman–Crippen LogP) is 3.48. The molecule has 116 valence electrons. The molecule has 0 spiro atoms. The van der Waals surface area contributed by atoms with Crippen LogP contribution in [0.3, 0.4) is 0 Å². The molecule has 1 rings (SSSR count). The lowest BCUT2D eigenvalue weighted by Gasteiger charge is -2.06. The van der Waals surface area contributed by atoms with Crippen molar-refractivity contribution in [1.82, 2.24) is 10.0 Å². The average Bonchev–Trinajstić information content (AvgIpc) is 2.74. The van der Waals surface area contributed by atoms with Gasteiger partial charge in [0.25, 0.3) is 0 Å². The number of unbranched alkanes of at least 4 members (excludes halogenated alkanes) is 2. The van der Waals surface area contributed by atoms with Crippen molar-refractivity contribution in [3.05, 3.63) is 14.7 Å². The molecule has 20 heavy (non-hydrogen) atoms. The quantitative estimate of drug-likeness (QED) is 0.642. The highest BCUT2D eigenvalue weighted by Gasteiger charge is 2.20. The first kappa shape index (κ1) is 18.1. The van der Waals surface area contributed by atoms with Crippen LogP contribution in [-0.4, -0.2) is 21.0 Å². The van der Waals surface area contributed by atoms with E-state index < -0.39 is 10.0 Å². The van der Waals surface area contributed by atoms with Crippen LogP contribution in [0.5, 0.6) is 0 Å². The van der Waals surface area contributed by atoms with E-state index in [2.05, 4.69) is 46.7 Å². The lowest BCUT2D eigenvalue weighted by Crippen LogP contribution is -2.24. The van der Waals surface area contributed by atoms with Crippen molar-refractivity contribution in [1.29, 1.82) is 0 Å². The Morgan fingerprint density at radius 3 is 2.65 bits per heavy atom. The van der Waals surface area contributed by atoms with Crippen LogP contribution in [0.2, 0.25) is 0 Å². The summed E-state index contributed by atoms with van der Waals surface area (Å²) in [7, 11) is -3.40. The first-order valence-electron chi connectivity index (χ1n) is 6.88. The highest BCUT2D eigenvalue weighted by Crippen LogP contribution is 2.31. The van der Waals surface area contributed by atoms with Crippen LogP contribution in [0.25, 0.3) is 0 Å². The summed E-state index contributed by atoms with van der Waals surface area (Å²) in [6.07, 6.45) is 2.99. The lowest BCUT2D eigenvalue weighted by molar-refractivity contribution is 0.575. The zero-order valence-electron chi connectivity index (χ0n) is 12.2. The van der Waals surface area contributed by atoms with Gasteiger partial charge >= 0.3 is 0 Å². The van der Waals surface area contributed by atoms with Crippen LogP contribution in [0.1, 0.15) is 44.9 Å². The monoisotopic (exact) mass is 382 g/mol. The van der Waals surface area contributed by atoms with Gasteiger partial charge in [-0.1, -0.05) is 33.6 Å². The van der Waals surface area contributed by atoms with Crippen LogP contribution in [0.15, 0.2) is 14.7 Å². The smallest absolute Gasteiger partial charge is 0.242 e. The Morgan fingerprint density at radius 2 is 2.05 bits per heavy atom. The number of halogens is 1. The van der Waals surface area contributed by atoms with Crippen molar-refractivity contribution in [3.8, 4) is 0 Å². The van der Waals surface area contributed by atoms with Gasteiger partial charge in [0.05, 0.1) is 3.79 Å². The second kappa shape index (κ2) is 8.48. The SMILES string of the molecule is CCCCCNS(=O)(=O)c1cc(CNC(C)C)sc1Br. The number of nitrogens with one attached hydrogen (secondary N) is 2. The van der Waals surface area contributed by atoms with Gasteiger partial charge in [-0.3, -0.25) is 0 Å². The number of thiophene rings is 1. The molecule has 1 aromatic rings. The predicted molar refractivity (Wildman–Crippen MR) is 88.7 cm³/mol. The van der Waals surface area contributed by atoms with Gasteiger partial charge < -0.3 is 5.32 Å². The molecule has 0 bridgehead atoms. The molecule has 0 saturated heterocycles. The van der Waals surface area contributed by atoms with Crippen molar-refractivity contribution in [2.45, 2.75) is 57.5 Å². The Labute approximate surface area is 134 Å². The minimum atomic E-state index is -3.40. The van der Waals surface area contributed by atoms with Crippen molar-refractivity contribution in [2.75, 3.05) is 6.54 Å². The van der Waals surface area contributed by atoms with Crippen molar-refractivity contribution in [2.24, 2.45) is 0 Å². The Balaban J connectivity index is 2.69. The second-order valence-corrected chi connectivity index (χ2v) is 9.18. The Morgan fingerprint density at radius 1 is 1.35 bits per heavy atom. The van der Waals surface area contributed by atoms with Crippen molar-refractivity contribution < 1.29 is 8.42 Å². The molecule has 0 unspecified atom stereocenters. The van der Waals surface area contributed by atoms with E-state index in [0.717, 1.165) is 24.1 Å². The summed E-state index contributed by atoms with van der Waals surface area (Å²) in [5, 5.41) is 3.29. The van der Waals surface area contributed by atoms with Gasteiger partial charge in [-0.2, -0.15) is 0 Å². The third-order valence-corrected chi connectivity index (χ3v) is 6.47. The maximum atomic E-state index is 12.2. The third kappa shape index (κ3) is 5.81. The second-order valence-electron chi connectivity index (χ2n) is 4.99. The summed E-state index contributed by atoms with van der Waals surface area (Å²) in [6.45, 7) is 7.41. The lowest BCUT2D eigenvalue weighted by atomic mass is 10.3. The minimum absolute atomic E-state index is 0.347. The molecule has 0 fully saturated rings. The van der Waals surface area contributed by atoms with Crippen LogP contribution < -0.4 is 10.0 Å². The number of hydrogen-bond donors (Lipinski definition) is 2. The fraction of sp³-hybridized carbons (Fsp3) is 0.692. The molecule has 0 atom stereocenters. The normalized spacial score (nSPS) is 12.2. The number of hydrogen-bond acceptors (Lipinski definition) is 4. The summed E-state index contributed by atoms with van der Waals surface area (Å²) in [4.78, 5) is 1.36. The summed E-state index contributed by atoms with van der Waals surface area (Å²) in [5.74, 6) is 0. The molecule has 1 heterocycles. The first-order chi connectivity index (χ1) is 9.36. The van der Waals surface area contributed by atoms with E-state index >= 15 is 0 Å². The highest BCUT2D eigenvalue weighted by molar-refractivity contribution is 9.11. The van der Waals surface area contributed by atoms with E-state index in [0.29, 0.717) is 27.8 Å². The summed E-state index contributed by atoms with van der Waals surface area (Å²) in [6, 6.07) is 2.12. The molecule has 7 heteroatoms. The average molecular weight is 383 g/mol. The molecule has 0 amide bonds. The zero-order valence-corrected chi connectivity index (χ0v) is 15.4. The molecule has 1 aromatic heterocycles. The van der Waals surface area contributed by atoms with E-state index in [1.165, 1.54) is 11.3 Å². The van der Waals surface area contributed by atoms with Crippen LogP contribution in [0, 0.1) is 0 Å². The van der Waals surface area contributed by atoms with E-state index in [9.17, 15) is 8.42 Å². The Hall–Kier alpha value is 0.0500. The number of sulfonamides is 1. The molecule has 0 radical (unpaired) electrons. The summed E-state index contributed by atoms with van der Waals surface area (Å²) < 4.78 is 27.8. The molecular formula is C13H23BrN2O2S2. The van der Waals surface area contributed by atoms with Gasteiger partial charge in [0.2, 0.25) is 10.0 Å². The van der Waals surface area contributed by atoms with E-state index in [1.54, 1.807) is 6.07 Å². The maximum absolute atomic E-state index is 12.2. The molecule has 0 aromatic carbocycles. The molecule has 2 N–H and O–H groups in total. The van der Waals surface area contributed by atoms with Gasteiger partial charge in [0.1, 0.15) is 4.90 Å². The minimum Gasteiger partial charge on any atom is -0.310 e. The van der Waals surface area contributed by atoms with Crippen molar-refractivity contribution >= 4 is 37.3 Å². The largest absolute Gasteiger partial charge is 0.310 e. The molecule has 0 aliphatic rings. The standard InChI is InChI=1S/C13H23BrN2O2S2/c1-4-5-6-7-16-20(17,18)12-8-11(19-13(12)14)9-15-10(2)3/h8,10,15-16H,4-7,9H2,1-3H3. The van der Waals surface area contributed by atoms with Gasteiger partial charge in [0.15, 0.2) is 0 Å². The topological polar surface area (TPSA) is 58.2 Å². The fourth-order valence-electron chi connectivity index (χ4n) is 1.63. The zero-order chi connectivity index (χ0) is 15.2. The maximum Gasteiger partial charge on any atom is 0.242 e. The molecular weight excluding hydrogens is 360 g/mol. The molecule has 0 aliphatic heterocycles. The highest BCUT2D eigenvalue weighted by atomic mass is 79.9. The summed E-state index contributed by atoms with van der Waals surface area (Å²) >= 11 is 4.82. The summed E-state index contributed by atoms with van der Waals surface area (Å²) in [5.41, 5.74) is 0. The van der Waals surface area contributed by atoms with Gasteiger partial charge in [0, 0.05) is 24.0 Å². The van der Waals surface area contributed by atoms with Crippen LogP contribution in [-0.2, 0) is 16.6 Å². The molecule has 0 aliphatic carbocycles. The Bertz CT molecular complexity index is 512. The molecule has 0 saturated carbocycles.